The van der Waals surface area contributed by atoms with E-state index in [1.807, 2.05) is 0 Å². The molecule has 4 aromatic rings. The second-order valence-corrected chi connectivity index (χ2v) is 12.5. The van der Waals surface area contributed by atoms with Crippen LogP contribution in [0.5, 0.6) is 0 Å². The largest absolute Gasteiger partial charge is 0.306 e. The summed E-state index contributed by atoms with van der Waals surface area (Å²) in [5, 5.41) is 14.2. The van der Waals surface area contributed by atoms with Crippen LogP contribution < -0.4 is 10.6 Å². The Kier molecular flexibility index (Phi) is 15.9. The molecule has 0 aromatic heterocycles. The number of unbranched alkanes of at least 4 members (excludes halogenated alkanes) is 14. The molecule has 0 heterocycles. The van der Waals surface area contributed by atoms with Gasteiger partial charge in [0.2, 0.25) is 0 Å². The highest BCUT2D eigenvalue weighted by molar-refractivity contribution is 6.24. The first-order valence-corrected chi connectivity index (χ1v) is 17.8. The molecule has 0 aliphatic rings. The summed E-state index contributed by atoms with van der Waals surface area (Å²) in [6.07, 6.45) is 30.2. The van der Waals surface area contributed by atoms with Gasteiger partial charge in [0.25, 0.3) is 0 Å². The average molecular weight is 609 g/mol. The van der Waals surface area contributed by atoms with Crippen LogP contribution in [0.15, 0.2) is 48.5 Å². The molecule has 0 spiro atoms. The first-order valence-electron chi connectivity index (χ1n) is 17.8. The van der Waals surface area contributed by atoms with E-state index in [9.17, 15) is 0 Å². The highest BCUT2D eigenvalue weighted by Crippen LogP contribution is 2.37. The van der Waals surface area contributed by atoms with Crippen molar-refractivity contribution in [3.05, 3.63) is 59.7 Å². The van der Waals surface area contributed by atoms with Gasteiger partial charge >= 0.3 is 0 Å². The maximum atomic E-state index is 5.27. The van der Waals surface area contributed by atoms with Gasteiger partial charge in [0.15, 0.2) is 0 Å². The van der Waals surface area contributed by atoms with Crippen LogP contribution in [0.4, 0.5) is 0 Å². The first kappa shape index (κ1) is 34.9. The highest BCUT2D eigenvalue weighted by atomic mass is 14.8. The molecule has 0 radical (unpaired) electrons. The quantitative estimate of drug-likeness (QED) is 0.0593. The van der Waals surface area contributed by atoms with Gasteiger partial charge in [-0.3, -0.25) is 0 Å². The third kappa shape index (κ3) is 11.2. The zero-order chi connectivity index (χ0) is 32.1. The Hall–Kier alpha value is -3.92. The molecule has 0 saturated heterocycles. The van der Waals surface area contributed by atoms with E-state index in [4.69, 9.17) is 12.8 Å². The fourth-order valence-corrected chi connectivity index (χ4v) is 6.35. The van der Waals surface area contributed by atoms with Gasteiger partial charge in [0.05, 0.1) is 13.1 Å². The molecule has 2 nitrogen and oxygen atoms in total. The highest BCUT2D eigenvalue weighted by Gasteiger charge is 2.12. The van der Waals surface area contributed by atoms with Crippen LogP contribution in [0, 0.1) is 48.4 Å². The predicted octanol–water partition coefficient (Wildman–Crippen LogP) is 9.97. The zero-order valence-electron chi connectivity index (χ0n) is 27.9. The fraction of sp³-hybridized carbons (Fsp3) is 0.455. The Bertz CT molecular complexity index is 1560. The smallest absolute Gasteiger partial charge is 0.0573 e. The van der Waals surface area contributed by atoms with Crippen LogP contribution in [0.1, 0.15) is 114 Å². The summed E-state index contributed by atoms with van der Waals surface area (Å²) in [6.45, 7) is 3.43. The second kappa shape index (κ2) is 21.0. The van der Waals surface area contributed by atoms with Crippen molar-refractivity contribution in [1.82, 2.24) is 10.6 Å². The monoisotopic (exact) mass is 608 g/mol. The standard InChI is InChI=1S/C44H52N2/c1-3-33-45-35-21-17-13-9-5-7-11-15-19-23-37-25-27-39-30-32-42-38(26-28-40-29-31-41(37)43(39)44(40)42)24-20-16-12-8-6-10-14-18-22-36-46-34-4-2/h1-2,25-32,45-46H,5-18,21-22,33-36H2. The lowest BCUT2D eigenvalue weighted by Gasteiger charge is -2.13. The van der Waals surface area contributed by atoms with Gasteiger partial charge in [-0.1, -0.05) is 136 Å². The molecule has 2 N–H and O–H groups in total. The lowest BCUT2D eigenvalue weighted by atomic mass is 9.90. The molecule has 0 atom stereocenters. The first-order chi connectivity index (χ1) is 22.8. The van der Waals surface area contributed by atoms with Gasteiger partial charge in [0.1, 0.15) is 0 Å². The lowest BCUT2D eigenvalue weighted by molar-refractivity contribution is 0.569. The van der Waals surface area contributed by atoms with E-state index < -0.39 is 0 Å². The van der Waals surface area contributed by atoms with E-state index in [1.165, 1.54) is 122 Å². The predicted molar refractivity (Wildman–Crippen MR) is 201 cm³/mol. The Balaban J connectivity index is 1.26. The van der Waals surface area contributed by atoms with Gasteiger partial charge in [-0.2, -0.15) is 0 Å². The third-order valence-corrected chi connectivity index (χ3v) is 8.88. The van der Waals surface area contributed by atoms with Crippen molar-refractivity contribution >= 4 is 32.3 Å². The molecule has 0 aliphatic heterocycles. The van der Waals surface area contributed by atoms with Gasteiger partial charge in [-0.15, -0.1) is 12.8 Å². The molecule has 0 unspecified atom stereocenters. The molecule has 0 aliphatic carbocycles. The maximum absolute atomic E-state index is 5.27. The van der Waals surface area contributed by atoms with E-state index in [0.717, 1.165) is 37.1 Å². The van der Waals surface area contributed by atoms with Crippen LogP contribution in [0.3, 0.4) is 0 Å². The van der Waals surface area contributed by atoms with E-state index in [1.54, 1.807) is 0 Å². The van der Waals surface area contributed by atoms with Crippen molar-refractivity contribution in [3.8, 4) is 48.4 Å². The molecule has 2 heteroatoms. The van der Waals surface area contributed by atoms with Crippen molar-refractivity contribution in [2.45, 2.75) is 103 Å². The van der Waals surface area contributed by atoms with E-state index >= 15 is 0 Å². The molecule has 0 saturated carbocycles. The van der Waals surface area contributed by atoms with Crippen LogP contribution in [-0.4, -0.2) is 26.2 Å². The summed E-state index contributed by atoms with van der Waals surface area (Å²) in [5.41, 5.74) is 2.27. The fourth-order valence-electron chi connectivity index (χ4n) is 6.35. The topological polar surface area (TPSA) is 24.1 Å². The lowest BCUT2D eigenvalue weighted by Crippen LogP contribution is -2.14. The minimum absolute atomic E-state index is 0.682. The van der Waals surface area contributed by atoms with Crippen LogP contribution in [0.25, 0.3) is 32.3 Å². The molecule has 0 amide bonds. The number of benzene rings is 4. The molecular formula is C44H52N2. The van der Waals surface area contributed by atoms with E-state index in [0.29, 0.717) is 13.1 Å². The molecule has 4 aromatic carbocycles. The van der Waals surface area contributed by atoms with Crippen molar-refractivity contribution < 1.29 is 0 Å². The summed E-state index contributed by atoms with van der Waals surface area (Å²) in [4.78, 5) is 0. The molecule has 238 valence electrons. The van der Waals surface area contributed by atoms with Gasteiger partial charge in [0, 0.05) is 24.0 Å². The van der Waals surface area contributed by atoms with Crippen molar-refractivity contribution in [1.29, 1.82) is 0 Å². The van der Waals surface area contributed by atoms with Gasteiger partial charge in [-0.25, -0.2) is 0 Å². The summed E-state index contributed by atoms with van der Waals surface area (Å²) in [5.74, 6) is 19.3. The van der Waals surface area contributed by atoms with Crippen LogP contribution in [-0.2, 0) is 0 Å². The number of nitrogens with one attached hydrogen (secondary N) is 2. The maximum Gasteiger partial charge on any atom is 0.0573 e. The Morgan fingerprint density at radius 3 is 1.22 bits per heavy atom. The third-order valence-electron chi connectivity index (χ3n) is 8.88. The van der Waals surface area contributed by atoms with Crippen molar-refractivity contribution in [2.24, 2.45) is 0 Å². The normalized spacial score (nSPS) is 10.8. The minimum Gasteiger partial charge on any atom is -0.306 e. The van der Waals surface area contributed by atoms with E-state index in [-0.39, 0.29) is 0 Å². The molecular weight excluding hydrogens is 556 g/mol. The second-order valence-electron chi connectivity index (χ2n) is 12.5. The molecule has 46 heavy (non-hydrogen) atoms. The van der Waals surface area contributed by atoms with Gasteiger partial charge in [-0.05, 0) is 83.2 Å². The molecule has 0 fully saturated rings. The van der Waals surface area contributed by atoms with Gasteiger partial charge < -0.3 is 10.6 Å². The van der Waals surface area contributed by atoms with Crippen LogP contribution in [0.2, 0.25) is 0 Å². The molecule has 4 rings (SSSR count). The SMILES string of the molecule is C#CCNCCCCCCCCCC#Cc1ccc2ccc3c(C#CCCCCCCCCCNCC#C)ccc4ccc1c2c43. The number of hydrogen-bond acceptors (Lipinski definition) is 2. The average Bonchev–Trinajstić information content (AvgIpc) is 3.08. The molecule has 0 bridgehead atoms. The minimum atomic E-state index is 0.682. The zero-order valence-corrected chi connectivity index (χ0v) is 27.9. The summed E-state index contributed by atoms with van der Waals surface area (Å²) < 4.78 is 0. The number of rotatable bonds is 20. The van der Waals surface area contributed by atoms with Crippen molar-refractivity contribution in [2.75, 3.05) is 26.2 Å². The number of hydrogen-bond donors (Lipinski definition) is 2. The summed E-state index contributed by atoms with van der Waals surface area (Å²) in [7, 11) is 0. The summed E-state index contributed by atoms with van der Waals surface area (Å²) >= 11 is 0. The van der Waals surface area contributed by atoms with Crippen LogP contribution >= 0.6 is 0 Å². The van der Waals surface area contributed by atoms with Crippen molar-refractivity contribution in [3.63, 3.8) is 0 Å². The number of terminal acetylenes is 2. The Morgan fingerprint density at radius 2 is 0.804 bits per heavy atom. The Labute approximate surface area is 279 Å². The summed E-state index contributed by atoms with van der Waals surface area (Å²) in [6, 6.07) is 17.9. The Morgan fingerprint density at radius 1 is 0.435 bits per heavy atom. The van der Waals surface area contributed by atoms with E-state index in [2.05, 4.69) is 94.7 Å².